The minimum absolute atomic E-state index is 0.110. The minimum atomic E-state index is -2.70. The van der Waals surface area contributed by atoms with Crippen molar-refractivity contribution >= 4 is 37.8 Å². The van der Waals surface area contributed by atoms with Gasteiger partial charge >= 0.3 is 5.97 Å². The highest BCUT2D eigenvalue weighted by atomic mass is 79.9. The Labute approximate surface area is 120 Å². The maximum Gasteiger partial charge on any atom is 0.311 e. The Morgan fingerprint density at radius 3 is 2.72 bits per heavy atom. The van der Waals surface area contributed by atoms with E-state index in [4.69, 9.17) is 4.74 Å². The lowest BCUT2D eigenvalue weighted by Gasteiger charge is -2.10. The highest BCUT2D eigenvalue weighted by Crippen LogP contribution is 2.30. The van der Waals surface area contributed by atoms with Crippen molar-refractivity contribution in [1.29, 1.82) is 0 Å². The monoisotopic (exact) mass is 385 g/mol. The summed E-state index contributed by atoms with van der Waals surface area (Å²) in [4.78, 5) is 15.1. The summed E-state index contributed by atoms with van der Waals surface area (Å²) < 4.78 is 30.6. The standard InChI is InChI=1S/C11H11Br2F2NO2/c1-2-18-8(17)4-7-3-6(5-12)9(13)10(16-7)11(14)15/h3,11H,2,4-5H2,1H3. The average Bonchev–Trinajstić information content (AvgIpc) is 2.31. The van der Waals surface area contributed by atoms with Gasteiger partial charge < -0.3 is 4.74 Å². The van der Waals surface area contributed by atoms with Crippen LogP contribution >= 0.6 is 31.9 Å². The Kier molecular flexibility index (Phi) is 6.14. The van der Waals surface area contributed by atoms with Crippen LogP contribution in [0.25, 0.3) is 0 Å². The summed E-state index contributed by atoms with van der Waals surface area (Å²) in [5, 5.41) is 0.394. The fourth-order valence-corrected chi connectivity index (χ4v) is 2.69. The van der Waals surface area contributed by atoms with Gasteiger partial charge in [-0.3, -0.25) is 9.78 Å². The van der Waals surface area contributed by atoms with Crippen LogP contribution in [-0.4, -0.2) is 17.6 Å². The van der Waals surface area contributed by atoms with Gasteiger partial charge in [0.1, 0.15) is 5.69 Å². The molecule has 0 aromatic carbocycles. The van der Waals surface area contributed by atoms with E-state index in [-0.39, 0.29) is 28.9 Å². The molecule has 0 fully saturated rings. The van der Waals surface area contributed by atoms with Crippen LogP contribution in [0.2, 0.25) is 0 Å². The zero-order valence-corrected chi connectivity index (χ0v) is 12.7. The Morgan fingerprint density at radius 1 is 1.56 bits per heavy atom. The quantitative estimate of drug-likeness (QED) is 0.571. The molecular weight excluding hydrogens is 376 g/mol. The minimum Gasteiger partial charge on any atom is -0.466 e. The number of halogens is 4. The molecule has 1 aromatic rings. The molecule has 0 N–H and O–H groups in total. The maximum atomic E-state index is 12.8. The molecule has 0 aliphatic carbocycles. The Hall–Kier alpha value is -0.560. The van der Waals surface area contributed by atoms with E-state index in [0.29, 0.717) is 10.9 Å². The van der Waals surface area contributed by atoms with Gasteiger partial charge in [-0.2, -0.15) is 0 Å². The predicted octanol–water partition coefficient (Wildman–Crippen LogP) is 3.78. The van der Waals surface area contributed by atoms with Crippen LogP contribution < -0.4 is 0 Å². The molecule has 0 spiro atoms. The summed E-state index contributed by atoms with van der Waals surface area (Å²) in [5.41, 5.74) is 0.548. The average molecular weight is 387 g/mol. The second-order valence-corrected chi connectivity index (χ2v) is 4.74. The molecule has 1 aromatic heterocycles. The van der Waals surface area contributed by atoms with Crippen LogP contribution in [-0.2, 0) is 21.3 Å². The third-order valence-electron chi connectivity index (χ3n) is 2.09. The predicted molar refractivity (Wildman–Crippen MR) is 69.9 cm³/mol. The summed E-state index contributed by atoms with van der Waals surface area (Å²) >= 11 is 6.29. The molecule has 0 atom stereocenters. The third-order valence-corrected chi connectivity index (χ3v) is 3.61. The van der Waals surface area contributed by atoms with Gasteiger partial charge in [-0.05, 0) is 34.5 Å². The summed E-state index contributed by atoms with van der Waals surface area (Å²) in [7, 11) is 0. The van der Waals surface area contributed by atoms with Crippen LogP contribution in [0.5, 0.6) is 0 Å². The van der Waals surface area contributed by atoms with Gasteiger partial charge in [0.2, 0.25) is 0 Å². The van der Waals surface area contributed by atoms with Crippen LogP contribution in [0.3, 0.4) is 0 Å². The van der Waals surface area contributed by atoms with Crippen molar-refractivity contribution in [2.24, 2.45) is 0 Å². The second-order valence-electron chi connectivity index (χ2n) is 3.39. The van der Waals surface area contributed by atoms with E-state index in [1.807, 2.05) is 0 Å². The SMILES string of the molecule is CCOC(=O)Cc1cc(CBr)c(Br)c(C(F)F)n1. The van der Waals surface area contributed by atoms with Crippen molar-refractivity contribution < 1.29 is 18.3 Å². The molecule has 100 valence electrons. The molecule has 7 heteroatoms. The second kappa shape index (κ2) is 7.13. The number of carbonyl (C=O) groups excluding carboxylic acids is 1. The molecule has 18 heavy (non-hydrogen) atoms. The van der Waals surface area contributed by atoms with Crippen molar-refractivity contribution in [3.8, 4) is 0 Å². The molecule has 0 saturated heterocycles. The number of nitrogens with zero attached hydrogens (tertiary/aromatic N) is 1. The Balaban J connectivity index is 3.06. The van der Waals surface area contributed by atoms with Gasteiger partial charge in [-0.1, -0.05) is 15.9 Å². The van der Waals surface area contributed by atoms with Gasteiger partial charge in [0, 0.05) is 9.80 Å². The molecular formula is C11H11Br2F2NO2. The van der Waals surface area contributed by atoms with Crippen molar-refractivity contribution in [2.45, 2.75) is 25.1 Å². The summed E-state index contributed by atoms with van der Waals surface area (Å²) in [6.07, 6.45) is -2.81. The number of carbonyl (C=O) groups is 1. The largest absolute Gasteiger partial charge is 0.466 e. The first kappa shape index (κ1) is 15.5. The maximum absolute atomic E-state index is 12.8. The van der Waals surface area contributed by atoms with E-state index in [9.17, 15) is 13.6 Å². The molecule has 1 heterocycles. The molecule has 0 aliphatic rings. The molecule has 1 rings (SSSR count). The molecule has 0 radical (unpaired) electrons. The van der Waals surface area contributed by atoms with Crippen LogP contribution in [0, 0.1) is 0 Å². The first-order chi connectivity index (χ1) is 8.49. The highest BCUT2D eigenvalue weighted by Gasteiger charge is 2.19. The summed E-state index contributed by atoms with van der Waals surface area (Å²) in [5.74, 6) is -0.479. The lowest BCUT2D eigenvalue weighted by Crippen LogP contribution is -2.10. The topological polar surface area (TPSA) is 39.2 Å². The third kappa shape index (κ3) is 3.98. The molecule has 3 nitrogen and oxygen atoms in total. The van der Waals surface area contributed by atoms with E-state index >= 15 is 0 Å². The number of pyridine rings is 1. The van der Waals surface area contributed by atoms with E-state index < -0.39 is 12.4 Å². The molecule has 0 amide bonds. The van der Waals surface area contributed by atoms with Crippen molar-refractivity contribution in [1.82, 2.24) is 4.98 Å². The number of rotatable bonds is 5. The molecule has 0 unspecified atom stereocenters. The van der Waals surface area contributed by atoms with E-state index in [1.165, 1.54) is 0 Å². The van der Waals surface area contributed by atoms with Gasteiger partial charge in [-0.25, -0.2) is 8.78 Å². The van der Waals surface area contributed by atoms with Crippen LogP contribution in [0.4, 0.5) is 8.78 Å². The Bertz CT molecular complexity index is 441. The van der Waals surface area contributed by atoms with Gasteiger partial charge in [0.25, 0.3) is 6.43 Å². The summed E-state index contributed by atoms with van der Waals surface area (Å²) in [6.45, 7) is 1.93. The van der Waals surface area contributed by atoms with E-state index in [1.54, 1.807) is 13.0 Å². The van der Waals surface area contributed by atoms with Crippen molar-refractivity contribution in [3.63, 3.8) is 0 Å². The smallest absolute Gasteiger partial charge is 0.311 e. The highest BCUT2D eigenvalue weighted by molar-refractivity contribution is 9.10. The first-order valence-corrected chi connectivity index (χ1v) is 7.09. The summed E-state index contributed by atoms with van der Waals surface area (Å²) in [6, 6.07) is 1.60. The number of ether oxygens (including phenoxy) is 1. The first-order valence-electron chi connectivity index (χ1n) is 5.17. The fraction of sp³-hybridized carbons (Fsp3) is 0.455. The molecule has 0 saturated carbocycles. The normalized spacial score (nSPS) is 10.8. The molecule has 0 aliphatic heterocycles. The van der Waals surface area contributed by atoms with Gasteiger partial charge in [-0.15, -0.1) is 0 Å². The van der Waals surface area contributed by atoms with Gasteiger partial charge in [0.05, 0.1) is 18.7 Å². The van der Waals surface area contributed by atoms with Crippen molar-refractivity contribution in [2.75, 3.05) is 6.61 Å². The number of aromatic nitrogens is 1. The molecule has 0 bridgehead atoms. The zero-order chi connectivity index (χ0) is 13.7. The number of esters is 1. The number of hydrogen-bond acceptors (Lipinski definition) is 3. The fourth-order valence-electron chi connectivity index (χ4n) is 1.36. The lowest BCUT2D eigenvalue weighted by atomic mass is 10.2. The van der Waals surface area contributed by atoms with E-state index in [2.05, 4.69) is 36.8 Å². The number of alkyl halides is 3. The number of hydrogen-bond donors (Lipinski definition) is 0. The van der Waals surface area contributed by atoms with Crippen LogP contribution in [0.15, 0.2) is 10.5 Å². The van der Waals surface area contributed by atoms with Crippen molar-refractivity contribution in [3.05, 3.63) is 27.5 Å². The van der Waals surface area contributed by atoms with Crippen LogP contribution in [0.1, 0.15) is 30.3 Å². The zero-order valence-electron chi connectivity index (χ0n) is 9.55. The van der Waals surface area contributed by atoms with E-state index in [0.717, 1.165) is 0 Å². The van der Waals surface area contributed by atoms with Gasteiger partial charge in [0.15, 0.2) is 0 Å². The Morgan fingerprint density at radius 2 is 2.22 bits per heavy atom. The lowest BCUT2D eigenvalue weighted by molar-refractivity contribution is -0.142.